The summed E-state index contributed by atoms with van der Waals surface area (Å²) in [5.41, 5.74) is 9.41. The molecule has 2 aliphatic rings. The molecule has 0 amide bonds. The fraction of sp³-hybridized carbons (Fsp3) is 0.550. The van der Waals surface area contributed by atoms with Gasteiger partial charge in [0.25, 0.3) is 5.56 Å². The average Bonchev–Trinajstić information content (AvgIpc) is 2.54. The zero-order valence-corrected chi connectivity index (χ0v) is 15.8. The zero-order chi connectivity index (χ0) is 18.4. The molecule has 0 aliphatic carbocycles. The van der Waals surface area contributed by atoms with Crippen LogP contribution in [0.15, 0.2) is 23.0 Å². The number of pyridine rings is 1. The van der Waals surface area contributed by atoms with E-state index in [1.54, 1.807) is 6.07 Å². The van der Waals surface area contributed by atoms with Crippen LogP contribution < -0.4 is 11.3 Å². The van der Waals surface area contributed by atoms with Crippen molar-refractivity contribution in [3.8, 4) is 11.3 Å². The van der Waals surface area contributed by atoms with E-state index >= 15 is 0 Å². The highest BCUT2D eigenvalue weighted by atomic mass is 16.1. The van der Waals surface area contributed by atoms with Gasteiger partial charge in [-0.1, -0.05) is 13.8 Å². The second-order valence-electron chi connectivity index (χ2n) is 8.28. The summed E-state index contributed by atoms with van der Waals surface area (Å²) in [7, 11) is 0. The van der Waals surface area contributed by atoms with Gasteiger partial charge in [-0.15, -0.1) is 0 Å². The Hall–Kier alpha value is -2.21. The number of likely N-dealkylation sites (tertiary alicyclic amines) is 1. The fourth-order valence-corrected chi connectivity index (χ4v) is 4.61. The number of nitrogens with zero attached hydrogens (tertiary/aromatic N) is 4. The third-order valence-corrected chi connectivity index (χ3v) is 5.42. The Balaban J connectivity index is 1.73. The molecule has 1 saturated heterocycles. The first-order valence-electron chi connectivity index (χ1n) is 9.47. The second-order valence-corrected chi connectivity index (χ2v) is 8.28. The summed E-state index contributed by atoms with van der Waals surface area (Å²) >= 11 is 0. The minimum absolute atomic E-state index is 0.0688. The Labute approximate surface area is 154 Å². The number of nitrogens with two attached hydrogens (primary N) is 1. The third-order valence-electron chi connectivity index (χ3n) is 5.42. The highest BCUT2D eigenvalue weighted by molar-refractivity contribution is 5.61. The molecule has 1 fully saturated rings. The lowest BCUT2D eigenvalue weighted by Gasteiger charge is -2.43. The van der Waals surface area contributed by atoms with E-state index in [4.69, 9.17) is 5.73 Å². The van der Waals surface area contributed by atoms with Gasteiger partial charge in [0.2, 0.25) is 5.95 Å². The van der Waals surface area contributed by atoms with Gasteiger partial charge in [-0.05, 0) is 37.3 Å². The molecular formula is C20H27N5O. The van der Waals surface area contributed by atoms with E-state index in [1.165, 1.54) is 6.42 Å². The highest BCUT2D eigenvalue weighted by Gasteiger charge is 2.35. The number of aromatic nitrogens is 3. The van der Waals surface area contributed by atoms with Crippen LogP contribution in [0.2, 0.25) is 0 Å². The number of hydrogen-bond donors (Lipinski definition) is 1. The number of nitrogen functional groups attached to an aromatic ring is 1. The lowest BCUT2D eigenvalue weighted by Crippen LogP contribution is -2.48. The maximum atomic E-state index is 12.8. The second kappa shape index (κ2) is 6.50. The molecule has 0 aromatic carbocycles. The summed E-state index contributed by atoms with van der Waals surface area (Å²) in [5.74, 6) is 1.89. The fourth-order valence-electron chi connectivity index (χ4n) is 4.61. The quantitative estimate of drug-likeness (QED) is 0.916. The Morgan fingerprint density at radius 3 is 2.73 bits per heavy atom. The lowest BCUT2D eigenvalue weighted by molar-refractivity contribution is 0.109. The van der Waals surface area contributed by atoms with Crippen LogP contribution in [0, 0.1) is 18.8 Å². The topological polar surface area (TPSA) is 77.0 Å². The lowest BCUT2D eigenvalue weighted by atomic mass is 9.82. The van der Waals surface area contributed by atoms with Crippen molar-refractivity contribution in [2.24, 2.45) is 11.8 Å². The Bertz CT molecular complexity index is 868. The molecule has 4 heterocycles. The maximum Gasteiger partial charge on any atom is 0.251 e. The molecule has 138 valence electrons. The van der Waals surface area contributed by atoms with Crippen molar-refractivity contribution in [2.75, 3.05) is 25.4 Å². The predicted octanol–water partition coefficient (Wildman–Crippen LogP) is 2.27. The summed E-state index contributed by atoms with van der Waals surface area (Å²) < 4.78 is 1.98. The van der Waals surface area contributed by atoms with Gasteiger partial charge in [-0.2, -0.15) is 0 Å². The molecule has 0 spiro atoms. The van der Waals surface area contributed by atoms with Crippen LogP contribution in [0.1, 0.15) is 37.6 Å². The first-order valence-corrected chi connectivity index (χ1v) is 9.47. The molecule has 26 heavy (non-hydrogen) atoms. The molecule has 2 aromatic heterocycles. The van der Waals surface area contributed by atoms with Crippen molar-refractivity contribution in [2.45, 2.75) is 39.7 Å². The van der Waals surface area contributed by atoms with E-state index < -0.39 is 0 Å². The largest absolute Gasteiger partial charge is 0.368 e. The summed E-state index contributed by atoms with van der Waals surface area (Å²) in [5, 5.41) is 0. The first kappa shape index (κ1) is 17.2. The Morgan fingerprint density at radius 1 is 1.19 bits per heavy atom. The molecule has 4 rings (SSSR count). The maximum absolute atomic E-state index is 12.8. The summed E-state index contributed by atoms with van der Waals surface area (Å²) in [6, 6.07) is 5.72. The average molecular weight is 353 g/mol. The van der Waals surface area contributed by atoms with Crippen molar-refractivity contribution >= 4 is 5.95 Å². The van der Waals surface area contributed by atoms with Crippen molar-refractivity contribution in [3.63, 3.8) is 0 Å². The molecule has 0 unspecified atom stereocenters. The van der Waals surface area contributed by atoms with Crippen LogP contribution >= 0.6 is 0 Å². The minimum Gasteiger partial charge on any atom is -0.368 e. The zero-order valence-electron chi connectivity index (χ0n) is 15.8. The monoisotopic (exact) mass is 353 g/mol. The van der Waals surface area contributed by atoms with Gasteiger partial charge in [0.05, 0.1) is 5.69 Å². The van der Waals surface area contributed by atoms with Crippen molar-refractivity contribution < 1.29 is 0 Å². The van der Waals surface area contributed by atoms with Gasteiger partial charge < -0.3 is 15.2 Å². The molecule has 0 radical (unpaired) electrons. The normalized spacial score (nSPS) is 22.5. The Morgan fingerprint density at radius 2 is 2.00 bits per heavy atom. The summed E-state index contributed by atoms with van der Waals surface area (Å²) in [4.78, 5) is 23.8. The van der Waals surface area contributed by atoms with Gasteiger partial charge in [0, 0.05) is 55.1 Å². The van der Waals surface area contributed by atoms with Crippen molar-refractivity contribution in [1.82, 2.24) is 19.4 Å². The molecule has 6 heteroatoms. The van der Waals surface area contributed by atoms with E-state index in [-0.39, 0.29) is 11.5 Å². The van der Waals surface area contributed by atoms with Gasteiger partial charge in [0.1, 0.15) is 0 Å². The number of piperidine rings is 1. The SMILES string of the molecule is Cc1cc(-c2cc3n(c(=O)c2)C[C@H]2C[C@@H]3CN(CC(C)C)C2)nc(N)n1. The van der Waals surface area contributed by atoms with Crippen LogP contribution in [-0.4, -0.2) is 39.1 Å². The van der Waals surface area contributed by atoms with E-state index in [0.717, 1.165) is 48.8 Å². The molecule has 6 nitrogen and oxygen atoms in total. The molecule has 2 bridgehead atoms. The van der Waals surface area contributed by atoms with Crippen molar-refractivity contribution in [1.29, 1.82) is 0 Å². The third kappa shape index (κ3) is 3.26. The standard InChI is InChI=1S/C20H27N5O/c1-12(2)8-24-9-14-5-16(11-24)18-6-15(7-19(26)25(18)10-14)17-4-13(3)22-20(21)23-17/h4,6-7,12,14,16H,5,8-11H2,1-3H3,(H2,21,22,23)/t14-,16+/m0/s1. The number of aryl methyl sites for hydroxylation is 1. The van der Waals surface area contributed by atoms with E-state index in [1.807, 2.05) is 17.6 Å². The van der Waals surface area contributed by atoms with Gasteiger partial charge in [0.15, 0.2) is 0 Å². The smallest absolute Gasteiger partial charge is 0.251 e. The molecule has 2 N–H and O–H groups in total. The van der Waals surface area contributed by atoms with Crippen LogP contribution in [0.4, 0.5) is 5.95 Å². The first-order chi connectivity index (χ1) is 12.4. The van der Waals surface area contributed by atoms with Crippen LogP contribution in [0.25, 0.3) is 11.3 Å². The number of fused-ring (bicyclic) bond motifs is 4. The highest BCUT2D eigenvalue weighted by Crippen LogP contribution is 2.36. The van der Waals surface area contributed by atoms with Gasteiger partial charge in [-0.3, -0.25) is 4.79 Å². The summed E-state index contributed by atoms with van der Waals surface area (Å²) in [6.45, 7) is 10.5. The van der Waals surface area contributed by atoms with Gasteiger partial charge >= 0.3 is 0 Å². The molecule has 2 atom stereocenters. The van der Waals surface area contributed by atoms with E-state index in [9.17, 15) is 4.79 Å². The number of rotatable bonds is 3. The van der Waals surface area contributed by atoms with Gasteiger partial charge in [-0.25, -0.2) is 9.97 Å². The number of anilines is 1. The molecule has 2 aliphatic heterocycles. The van der Waals surface area contributed by atoms with E-state index in [2.05, 4.69) is 34.8 Å². The van der Waals surface area contributed by atoms with Crippen LogP contribution in [0.5, 0.6) is 0 Å². The van der Waals surface area contributed by atoms with Crippen molar-refractivity contribution in [3.05, 3.63) is 39.9 Å². The Kier molecular flexibility index (Phi) is 4.31. The summed E-state index contributed by atoms with van der Waals surface area (Å²) in [6.07, 6.45) is 1.17. The molecule has 2 aromatic rings. The number of hydrogen-bond acceptors (Lipinski definition) is 5. The molecule has 0 saturated carbocycles. The minimum atomic E-state index is 0.0688. The predicted molar refractivity (Wildman–Crippen MR) is 103 cm³/mol. The van der Waals surface area contributed by atoms with Crippen LogP contribution in [0.3, 0.4) is 0 Å². The van der Waals surface area contributed by atoms with E-state index in [0.29, 0.717) is 17.8 Å². The molecular weight excluding hydrogens is 326 g/mol. The van der Waals surface area contributed by atoms with Crippen LogP contribution in [-0.2, 0) is 6.54 Å².